The van der Waals surface area contributed by atoms with Crippen molar-refractivity contribution >= 4 is 5.91 Å². The van der Waals surface area contributed by atoms with Crippen LogP contribution in [0.1, 0.15) is 46.0 Å². The van der Waals surface area contributed by atoms with E-state index >= 15 is 0 Å². The van der Waals surface area contributed by atoms with Crippen LogP contribution in [0.25, 0.3) is 11.5 Å². The number of hydrogen-bond acceptors (Lipinski definition) is 4. The second kappa shape index (κ2) is 6.63. The monoisotopic (exact) mass is 329 g/mol. The first-order valence-electron chi connectivity index (χ1n) is 8.44. The third-order valence-electron chi connectivity index (χ3n) is 4.60. The van der Waals surface area contributed by atoms with Crippen molar-refractivity contribution in [3.63, 3.8) is 0 Å². The van der Waals surface area contributed by atoms with Crippen LogP contribution in [0, 0.1) is 0 Å². The highest BCUT2D eigenvalue weighted by Gasteiger charge is 2.33. The maximum absolute atomic E-state index is 12.7. The van der Waals surface area contributed by atoms with Crippen LogP contribution in [-0.2, 0) is 10.3 Å². The summed E-state index contributed by atoms with van der Waals surface area (Å²) < 4.78 is 6.57. The molecule has 3 rings (SSSR count). The molecule has 24 heavy (non-hydrogen) atoms. The summed E-state index contributed by atoms with van der Waals surface area (Å²) in [6, 6.07) is 6.74. The molecule has 1 aliphatic rings. The van der Waals surface area contributed by atoms with Crippen LogP contribution in [0.15, 0.2) is 39.7 Å². The van der Waals surface area contributed by atoms with Crippen molar-refractivity contribution in [1.29, 1.82) is 0 Å². The molecule has 1 saturated carbocycles. The molecule has 0 aliphatic heterocycles. The van der Waals surface area contributed by atoms with Gasteiger partial charge >= 0.3 is 0 Å². The predicted octanol–water partition coefficient (Wildman–Crippen LogP) is 2.69. The molecule has 2 aromatic heterocycles. The summed E-state index contributed by atoms with van der Waals surface area (Å²) in [7, 11) is 0. The van der Waals surface area contributed by atoms with Gasteiger partial charge in [0, 0.05) is 12.1 Å². The van der Waals surface area contributed by atoms with Crippen molar-refractivity contribution in [2.24, 2.45) is 0 Å². The first-order chi connectivity index (χ1) is 11.5. The summed E-state index contributed by atoms with van der Waals surface area (Å²) in [6.07, 6.45) is 7.04. The maximum Gasteiger partial charge on any atom is 0.267 e. The molecule has 0 saturated heterocycles. The Labute approximate surface area is 140 Å². The van der Waals surface area contributed by atoms with E-state index in [1.807, 2.05) is 0 Å². The SMILES string of the molecule is CC(C)(C(=O)NC1CCCCC1)n1nc(-c2ccco2)ccc1=O. The second-order valence-electron chi connectivity index (χ2n) is 6.81. The third kappa shape index (κ3) is 3.27. The molecule has 0 bridgehead atoms. The minimum absolute atomic E-state index is 0.180. The summed E-state index contributed by atoms with van der Waals surface area (Å²) in [5, 5.41) is 7.43. The first kappa shape index (κ1) is 16.5. The van der Waals surface area contributed by atoms with Gasteiger partial charge in [-0.25, -0.2) is 4.68 Å². The molecule has 1 aliphatic carbocycles. The molecule has 0 unspecified atom stereocenters. The average molecular weight is 329 g/mol. The number of aromatic nitrogens is 2. The highest BCUT2D eigenvalue weighted by atomic mass is 16.3. The fourth-order valence-electron chi connectivity index (χ4n) is 3.07. The molecule has 0 aromatic carbocycles. The van der Waals surface area contributed by atoms with E-state index in [9.17, 15) is 9.59 Å². The molecule has 1 N–H and O–H groups in total. The summed E-state index contributed by atoms with van der Waals surface area (Å²) in [5.41, 5.74) is -0.857. The number of furan rings is 1. The van der Waals surface area contributed by atoms with Crippen molar-refractivity contribution in [3.8, 4) is 11.5 Å². The van der Waals surface area contributed by atoms with Gasteiger partial charge < -0.3 is 9.73 Å². The predicted molar refractivity (Wildman–Crippen MR) is 90.5 cm³/mol. The van der Waals surface area contributed by atoms with E-state index in [-0.39, 0.29) is 17.5 Å². The van der Waals surface area contributed by atoms with E-state index in [0.717, 1.165) is 25.7 Å². The normalized spacial score (nSPS) is 16.1. The number of nitrogens with one attached hydrogen (secondary N) is 1. The van der Waals surface area contributed by atoms with Gasteiger partial charge in [0.25, 0.3) is 5.56 Å². The molecule has 6 nitrogen and oxygen atoms in total. The highest BCUT2D eigenvalue weighted by Crippen LogP contribution is 2.21. The van der Waals surface area contributed by atoms with Crippen LogP contribution in [0.3, 0.4) is 0 Å². The Bertz CT molecular complexity index is 756. The third-order valence-corrected chi connectivity index (χ3v) is 4.60. The molecule has 1 fully saturated rings. The Morgan fingerprint density at radius 1 is 1.25 bits per heavy atom. The maximum atomic E-state index is 12.7. The van der Waals surface area contributed by atoms with E-state index in [0.29, 0.717) is 11.5 Å². The molecule has 2 heterocycles. The van der Waals surface area contributed by atoms with Crippen LogP contribution in [0.5, 0.6) is 0 Å². The number of carbonyl (C=O) groups excluding carboxylic acids is 1. The smallest absolute Gasteiger partial charge is 0.267 e. The van der Waals surface area contributed by atoms with Crippen LogP contribution in [0.4, 0.5) is 0 Å². The molecule has 2 aromatic rings. The van der Waals surface area contributed by atoms with E-state index in [2.05, 4.69) is 10.4 Å². The Morgan fingerprint density at radius 2 is 2.00 bits per heavy atom. The van der Waals surface area contributed by atoms with Gasteiger partial charge in [-0.3, -0.25) is 9.59 Å². The van der Waals surface area contributed by atoms with Gasteiger partial charge in [0.05, 0.1) is 6.26 Å². The Hall–Kier alpha value is -2.37. The fraction of sp³-hybridized carbons (Fsp3) is 0.500. The molecule has 6 heteroatoms. The van der Waals surface area contributed by atoms with Crippen molar-refractivity contribution in [1.82, 2.24) is 15.1 Å². The lowest BCUT2D eigenvalue weighted by molar-refractivity contribution is -0.130. The molecule has 128 valence electrons. The van der Waals surface area contributed by atoms with Crippen LogP contribution in [-0.4, -0.2) is 21.7 Å². The largest absolute Gasteiger partial charge is 0.463 e. The Kier molecular flexibility index (Phi) is 4.55. The zero-order chi connectivity index (χ0) is 17.2. The van der Waals surface area contributed by atoms with Crippen LogP contribution < -0.4 is 10.9 Å². The van der Waals surface area contributed by atoms with Crippen LogP contribution >= 0.6 is 0 Å². The van der Waals surface area contributed by atoms with Gasteiger partial charge in [0.2, 0.25) is 5.91 Å². The van der Waals surface area contributed by atoms with Gasteiger partial charge in [-0.05, 0) is 44.9 Å². The summed E-state index contributed by atoms with van der Waals surface area (Å²) in [4.78, 5) is 25.0. The number of amides is 1. The zero-order valence-corrected chi connectivity index (χ0v) is 14.1. The van der Waals surface area contributed by atoms with Crippen molar-refractivity contribution in [3.05, 3.63) is 40.9 Å². The van der Waals surface area contributed by atoms with Crippen molar-refractivity contribution < 1.29 is 9.21 Å². The number of carbonyl (C=O) groups is 1. The molecular formula is C18H23N3O3. The van der Waals surface area contributed by atoms with Gasteiger partial charge in [0.15, 0.2) is 5.76 Å². The Morgan fingerprint density at radius 3 is 2.67 bits per heavy atom. The molecule has 0 spiro atoms. The lowest BCUT2D eigenvalue weighted by Gasteiger charge is -2.30. The quantitative estimate of drug-likeness (QED) is 0.935. The minimum atomic E-state index is -1.07. The Balaban J connectivity index is 1.86. The van der Waals surface area contributed by atoms with Gasteiger partial charge in [-0.15, -0.1) is 0 Å². The second-order valence-corrected chi connectivity index (χ2v) is 6.81. The summed E-state index contributed by atoms with van der Waals surface area (Å²) in [6.45, 7) is 3.43. The minimum Gasteiger partial charge on any atom is -0.463 e. The molecular weight excluding hydrogens is 306 g/mol. The van der Waals surface area contributed by atoms with Gasteiger partial charge in [-0.2, -0.15) is 5.10 Å². The summed E-state index contributed by atoms with van der Waals surface area (Å²) in [5.74, 6) is 0.382. The van der Waals surface area contributed by atoms with Crippen molar-refractivity contribution in [2.45, 2.75) is 57.5 Å². The zero-order valence-electron chi connectivity index (χ0n) is 14.1. The standard InChI is InChI=1S/C18H23N3O3/c1-18(2,17(23)19-13-7-4-3-5-8-13)21-16(22)11-10-14(20-21)15-9-6-12-24-15/h6,9-13H,3-5,7-8H2,1-2H3,(H,19,23). The molecule has 0 radical (unpaired) electrons. The average Bonchev–Trinajstić information content (AvgIpc) is 3.10. The lowest BCUT2D eigenvalue weighted by atomic mass is 9.94. The topological polar surface area (TPSA) is 77.1 Å². The number of hydrogen-bond donors (Lipinski definition) is 1. The van der Waals surface area contributed by atoms with Crippen molar-refractivity contribution in [2.75, 3.05) is 0 Å². The number of rotatable bonds is 4. The number of nitrogens with zero attached hydrogens (tertiary/aromatic N) is 2. The van der Waals surface area contributed by atoms with E-state index in [4.69, 9.17) is 4.42 Å². The van der Waals surface area contributed by atoms with Crippen LogP contribution in [0.2, 0.25) is 0 Å². The molecule has 1 amide bonds. The molecule has 0 atom stereocenters. The van der Waals surface area contributed by atoms with Gasteiger partial charge in [0.1, 0.15) is 11.2 Å². The van der Waals surface area contributed by atoms with E-state index in [1.165, 1.54) is 17.2 Å². The van der Waals surface area contributed by atoms with E-state index < -0.39 is 5.54 Å². The van der Waals surface area contributed by atoms with E-state index in [1.54, 1.807) is 38.3 Å². The van der Waals surface area contributed by atoms with Gasteiger partial charge in [-0.1, -0.05) is 19.3 Å². The fourth-order valence-corrected chi connectivity index (χ4v) is 3.07. The first-order valence-corrected chi connectivity index (χ1v) is 8.44. The highest BCUT2D eigenvalue weighted by molar-refractivity contribution is 5.83. The lowest BCUT2D eigenvalue weighted by Crippen LogP contribution is -2.52. The summed E-state index contributed by atoms with van der Waals surface area (Å²) >= 11 is 0.